The second-order valence-corrected chi connectivity index (χ2v) is 16.4. The number of hydrogen-bond donors (Lipinski definition) is 0. The van der Waals surface area contributed by atoms with Gasteiger partial charge in [-0.05, 0) is 146 Å². The van der Waals surface area contributed by atoms with E-state index >= 15 is 0 Å². The molecule has 0 saturated carbocycles. The van der Waals surface area contributed by atoms with Gasteiger partial charge in [0.25, 0.3) is 0 Å². The molecule has 0 aromatic carbocycles. The van der Waals surface area contributed by atoms with E-state index in [9.17, 15) is 0 Å². The quantitative estimate of drug-likeness (QED) is 0.155. The SMILES string of the molecule is Cc1cc2ncccc2s1.Cc1ccc2sccc2n1.Cc1ccnc2ccsc12.Cc1cnc2ccsc2c1.Cc1csc2cccnc12. The lowest BCUT2D eigenvalue weighted by atomic mass is 10.3. The summed E-state index contributed by atoms with van der Waals surface area (Å²) in [5.41, 5.74) is 10.5. The maximum atomic E-state index is 4.35. The lowest BCUT2D eigenvalue weighted by Crippen LogP contribution is -1.76. The zero-order valence-corrected chi connectivity index (χ0v) is 32.4. The van der Waals surface area contributed by atoms with E-state index in [4.69, 9.17) is 0 Å². The van der Waals surface area contributed by atoms with Crippen LogP contribution in [0.25, 0.3) is 51.1 Å². The van der Waals surface area contributed by atoms with Crippen LogP contribution in [0.5, 0.6) is 0 Å². The van der Waals surface area contributed by atoms with Crippen LogP contribution < -0.4 is 0 Å². The smallest absolute Gasteiger partial charge is 0.0838 e. The van der Waals surface area contributed by atoms with Crippen LogP contribution in [0.4, 0.5) is 0 Å². The van der Waals surface area contributed by atoms with Gasteiger partial charge in [0.15, 0.2) is 0 Å². The highest BCUT2D eigenvalue weighted by molar-refractivity contribution is 7.19. The minimum Gasteiger partial charge on any atom is -0.255 e. The molecule has 0 spiro atoms. The van der Waals surface area contributed by atoms with Crippen LogP contribution in [0.1, 0.15) is 27.3 Å². The lowest BCUT2D eigenvalue weighted by molar-refractivity contribution is 1.26. The molecule has 250 valence electrons. The number of aromatic nitrogens is 5. The Bertz CT molecular complexity index is 2470. The molecule has 50 heavy (non-hydrogen) atoms. The van der Waals surface area contributed by atoms with Gasteiger partial charge < -0.3 is 0 Å². The molecule has 10 aromatic heterocycles. The molecule has 0 radical (unpaired) electrons. The van der Waals surface area contributed by atoms with Gasteiger partial charge >= 0.3 is 0 Å². The average molecular weight is 746 g/mol. The zero-order chi connectivity index (χ0) is 34.9. The predicted molar refractivity (Wildman–Crippen MR) is 222 cm³/mol. The number of hydrogen-bond acceptors (Lipinski definition) is 10. The Hall–Kier alpha value is -4.45. The molecule has 0 aliphatic carbocycles. The number of nitrogens with zero attached hydrogens (tertiary/aromatic N) is 5. The first-order chi connectivity index (χ1) is 24.3. The van der Waals surface area contributed by atoms with Crippen molar-refractivity contribution >= 4 is 108 Å². The van der Waals surface area contributed by atoms with E-state index in [-0.39, 0.29) is 0 Å². The monoisotopic (exact) mass is 745 g/mol. The van der Waals surface area contributed by atoms with Crippen molar-refractivity contribution in [2.24, 2.45) is 0 Å². The highest BCUT2D eigenvalue weighted by Crippen LogP contribution is 2.24. The highest BCUT2D eigenvalue weighted by Gasteiger charge is 1.99. The van der Waals surface area contributed by atoms with Gasteiger partial charge in [-0.15, -0.1) is 56.7 Å². The minimum absolute atomic E-state index is 1.09. The molecule has 0 bridgehead atoms. The van der Waals surface area contributed by atoms with Crippen molar-refractivity contribution in [1.29, 1.82) is 0 Å². The van der Waals surface area contributed by atoms with Crippen LogP contribution >= 0.6 is 56.7 Å². The molecular weight excluding hydrogens is 711 g/mol. The van der Waals surface area contributed by atoms with Gasteiger partial charge in [-0.3, -0.25) is 24.9 Å². The van der Waals surface area contributed by atoms with E-state index < -0.39 is 0 Å². The Morgan fingerprint density at radius 1 is 0.500 bits per heavy atom. The van der Waals surface area contributed by atoms with Crippen molar-refractivity contribution in [1.82, 2.24) is 24.9 Å². The number of pyridine rings is 5. The Labute approximate surface area is 311 Å². The largest absolute Gasteiger partial charge is 0.255 e. The molecule has 0 unspecified atom stereocenters. The summed E-state index contributed by atoms with van der Waals surface area (Å²) >= 11 is 8.76. The summed E-state index contributed by atoms with van der Waals surface area (Å²) in [5.74, 6) is 0. The number of fused-ring (bicyclic) bond motifs is 5. The van der Waals surface area contributed by atoms with Gasteiger partial charge in [-0.1, -0.05) is 0 Å². The van der Waals surface area contributed by atoms with Gasteiger partial charge in [0.1, 0.15) is 0 Å². The van der Waals surface area contributed by atoms with Gasteiger partial charge in [0.05, 0.1) is 51.1 Å². The molecular formula is C40H35N5S5. The standard InChI is InChI=1S/5C8H7NS/c1-6-2-4-9-7-3-5-10-8(6)7;1-6-4-8-7(9-5-6)2-3-10-8;1-6-2-3-8-7(9-6)4-5-10-8;1-6-5-7-8(10-6)3-2-4-9-7;1-6-5-10-7-3-2-4-9-8(6)7/h5*2-5H,1H3. The molecule has 0 N–H and O–H groups in total. The molecule has 10 aromatic rings. The van der Waals surface area contributed by atoms with Crippen molar-refractivity contribution < 1.29 is 0 Å². The van der Waals surface area contributed by atoms with Crippen LogP contribution in [-0.4, -0.2) is 24.9 Å². The normalized spacial score (nSPS) is 10.5. The summed E-state index contributed by atoms with van der Waals surface area (Å²) < 4.78 is 6.41. The Balaban J connectivity index is 0.000000108. The minimum atomic E-state index is 1.09. The molecule has 10 heterocycles. The maximum Gasteiger partial charge on any atom is 0.0838 e. The van der Waals surface area contributed by atoms with Gasteiger partial charge in [0.2, 0.25) is 0 Å². The van der Waals surface area contributed by atoms with Crippen LogP contribution in [0.2, 0.25) is 0 Å². The van der Waals surface area contributed by atoms with E-state index in [1.54, 1.807) is 56.7 Å². The van der Waals surface area contributed by atoms with Gasteiger partial charge in [0, 0.05) is 35.4 Å². The molecule has 0 amide bonds. The summed E-state index contributed by atoms with van der Waals surface area (Å²) in [7, 11) is 0. The number of rotatable bonds is 0. The van der Waals surface area contributed by atoms with Crippen LogP contribution in [0.15, 0.2) is 119 Å². The first kappa shape index (κ1) is 35.4. The third-order valence-corrected chi connectivity index (χ3v) is 12.2. The fourth-order valence-electron chi connectivity index (χ4n) is 4.89. The lowest BCUT2D eigenvalue weighted by Gasteiger charge is -1.90. The average Bonchev–Trinajstić information content (AvgIpc) is 3.97. The summed E-state index contributed by atoms with van der Waals surface area (Å²) in [6.07, 6.45) is 7.41. The molecule has 0 atom stereocenters. The fraction of sp³-hybridized carbons (Fsp3) is 0.125. The van der Waals surface area contributed by atoms with E-state index in [0.717, 1.165) is 33.3 Å². The van der Waals surface area contributed by atoms with E-state index in [2.05, 4.69) is 104 Å². The summed E-state index contributed by atoms with van der Waals surface area (Å²) in [6.45, 7) is 10.4. The molecule has 10 rings (SSSR count). The molecule has 5 nitrogen and oxygen atoms in total. The third kappa shape index (κ3) is 9.21. The summed E-state index contributed by atoms with van der Waals surface area (Å²) in [5, 5.41) is 8.34. The predicted octanol–water partition coefficient (Wildman–Crippen LogP) is 13.0. The molecule has 0 aliphatic rings. The Morgan fingerprint density at radius 2 is 1.22 bits per heavy atom. The summed E-state index contributed by atoms with van der Waals surface area (Å²) in [6, 6.07) is 24.7. The third-order valence-electron chi connectivity index (χ3n) is 7.34. The topological polar surface area (TPSA) is 64.5 Å². The van der Waals surface area contributed by atoms with Crippen LogP contribution in [0.3, 0.4) is 0 Å². The van der Waals surface area contributed by atoms with Gasteiger partial charge in [-0.2, -0.15) is 0 Å². The molecule has 0 saturated heterocycles. The Kier molecular flexibility index (Phi) is 12.0. The van der Waals surface area contributed by atoms with Crippen molar-refractivity contribution in [2.45, 2.75) is 34.6 Å². The number of aryl methyl sites for hydroxylation is 5. The second kappa shape index (κ2) is 17.0. The Morgan fingerprint density at radius 3 is 2.02 bits per heavy atom. The zero-order valence-electron chi connectivity index (χ0n) is 28.3. The van der Waals surface area contributed by atoms with Crippen LogP contribution in [0, 0.1) is 34.6 Å². The molecule has 0 aliphatic heterocycles. The van der Waals surface area contributed by atoms with E-state index in [1.165, 1.54) is 45.1 Å². The van der Waals surface area contributed by atoms with Gasteiger partial charge in [-0.25, -0.2) is 0 Å². The number of thiophene rings is 5. The molecule has 10 heteroatoms. The van der Waals surface area contributed by atoms with E-state index in [1.807, 2.05) is 74.2 Å². The summed E-state index contributed by atoms with van der Waals surface area (Å²) in [4.78, 5) is 22.6. The van der Waals surface area contributed by atoms with Crippen LogP contribution in [-0.2, 0) is 0 Å². The van der Waals surface area contributed by atoms with Crippen molar-refractivity contribution in [3.8, 4) is 0 Å². The van der Waals surface area contributed by atoms with Crippen molar-refractivity contribution in [3.05, 3.63) is 146 Å². The second-order valence-electron chi connectivity index (χ2n) is 11.3. The highest BCUT2D eigenvalue weighted by atomic mass is 32.1. The van der Waals surface area contributed by atoms with Crippen molar-refractivity contribution in [3.63, 3.8) is 0 Å². The van der Waals surface area contributed by atoms with Crippen molar-refractivity contribution in [2.75, 3.05) is 0 Å². The van der Waals surface area contributed by atoms with E-state index in [0.29, 0.717) is 0 Å². The fourth-order valence-corrected chi connectivity index (χ4v) is 9.06. The first-order valence-corrected chi connectivity index (χ1v) is 20.2. The molecule has 0 fully saturated rings. The first-order valence-electron chi connectivity index (χ1n) is 15.8. The maximum absolute atomic E-state index is 4.35.